The van der Waals surface area contributed by atoms with Crippen molar-refractivity contribution in [1.82, 2.24) is 16.0 Å². The third kappa shape index (κ3) is 6.10. The molecular formula is C18H27N5O2. The van der Waals surface area contributed by atoms with Crippen LogP contribution in [0.3, 0.4) is 0 Å². The number of benzene rings is 1. The van der Waals surface area contributed by atoms with Crippen LogP contribution in [0, 0.1) is 0 Å². The highest BCUT2D eigenvalue weighted by Crippen LogP contribution is 2.21. The number of rotatable bonds is 7. The number of nitrogens with one attached hydrogen (secondary N) is 3. The van der Waals surface area contributed by atoms with Crippen LogP contribution in [0.2, 0.25) is 0 Å². The molecule has 0 aromatic heterocycles. The minimum Gasteiger partial charge on any atom is -0.357 e. The van der Waals surface area contributed by atoms with E-state index in [-0.39, 0.29) is 11.8 Å². The van der Waals surface area contributed by atoms with E-state index in [1.165, 1.54) is 6.92 Å². The van der Waals surface area contributed by atoms with Crippen molar-refractivity contribution < 1.29 is 9.59 Å². The molecule has 1 aliphatic rings. The van der Waals surface area contributed by atoms with E-state index in [9.17, 15) is 9.59 Å². The van der Waals surface area contributed by atoms with E-state index in [0.29, 0.717) is 32.0 Å². The molecule has 2 rings (SSSR count). The summed E-state index contributed by atoms with van der Waals surface area (Å²) < 4.78 is 0. The normalized spacial score (nSPS) is 14.6. The second kappa shape index (κ2) is 9.66. The van der Waals surface area contributed by atoms with Gasteiger partial charge < -0.3 is 20.9 Å². The molecule has 0 aliphatic carbocycles. The Balaban J connectivity index is 1.88. The van der Waals surface area contributed by atoms with E-state index in [4.69, 9.17) is 0 Å². The molecule has 25 heavy (non-hydrogen) atoms. The summed E-state index contributed by atoms with van der Waals surface area (Å²) in [5.41, 5.74) is 2.03. The van der Waals surface area contributed by atoms with Crippen LogP contribution in [0.5, 0.6) is 0 Å². The Labute approximate surface area is 148 Å². The highest BCUT2D eigenvalue weighted by atomic mass is 16.2. The smallest absolute Gasteiger partial charge is 0.227 e. The molecule has 7 nitrogen and oxygen atoms in total. The van der Waals surface area contributed by atoms with Crippen molar-refractivity contribution in [2.24, 2.45) is 4.99 Å². The van der Waals surface area contributed by atoms with Gasteiger partial charge in [-0.25, -0.2) is 4.99 Å². The summed E-state index contributed by atoms with van der Waals surface area (Å²) in [4.78, 5) is 29.0. The van der Waals surface area contributed by atoms with Gasteiger partial charge in [0.2, 0.25) is 11.8 Å². The molecule has 136 valence electrons. The topological polar surface area (TPSA) is 85.8 Å². The monoisotopic (exact) mass is 345 g/mol. The van der Waals surface area contributed by atoms with E-state index in [0.717, 1.165) is 30.8 Å². The van der Waals surface area contributed by atoms with Gasteiger partial charge in [0.25, 0.3) is 0 Å². The van der Waals surface area contributed by atoms with Crippen LogP contribution < -0.4 is 20.9 Å². The van der Waals surface area contributed by atoms with Crippen molar-refractivity contribution in [2.45, 2.75) is 33.2 Å². The fraction of sp³-hybridized carbons (Fsp3) is 0.500. The predicted molar refractivity (Wildman–Crippen MR) is 99.5 cm³/mol. The fourth-order valence-electron chi connectivity index (χ4n) is 2.63. The standard InChI is InChI=1S/C18H27N5O2/c1-3-19-18(21-11-10-20-14(2)24)22-13-15-6-8-16(9-7-15)23-12-4-5-17(23)25/h6-9H,3-5,10-13H2,1-2H3,(H,20,24)(H2,19,21,22). The summed E-state index contributed by atoms with van der Waals surface area (Å²) in [6.07, 6.45) is 1.57. The van der Waals surface area contributed by atoms with Gasteiger partial charge in [0.05, 0.1) is 6.54 Å². The lowest BCUT2D eigenvalue weighted by molar-refractivity contribution is -0.119. The zero-order chi connectivity index (χ0) is 18.1. The summed E-state index contributed by atoms with van der Waals surface area (Å²) in [6, 6.07) is 7.97. The molecule has 1 aliphatic heterocycles. The molecule has 7 heteroatoms. The first-order valence-corrected chi connectivity index (χ1v) is 8.76. The third-order valence-electron chi connectivity index (χ3n) is 3.88. The van der Waals surface area contributed by atoms with Gasteiger partial charge in [-0.3, -0.25) is 9.59 Å². The highest BCUT2D eigenvalue weighted by molar-refractivity contribution is 5.95. The molecule has 0 atom stereocenters. The maximum absolute atomic E-state index is 11.8. The number of aliphatic imine (C=N–C) groups is 1. The van der Waals surface area contributed by atoms with Gasteiger partial charge in [-0.05, 0) is 31.0 Å². The number of hydrogen-bond acceptors (Lipinski definition) is 3. The van der Waals surface area contributed by atoms with Crippen molar-refractivity contribution in [3.05, 3.63) is 29.8 Å². The molecule has 0 saturated carbocycles. The van der Waals surface area contributed by atoms with Crippen LogP contribution >= 0.6 is 0 Å². The number of nitrogens with zero attached hydrogens (tertiary/aromatic N) is 2. The second-order valence-electron chi connectivity index (χ2n) is 5.92. The molecule has 1 saturated heterocycles. The Hall–Kier alpha value is -2.57. The van der Waals surface area contributed by atoms with Crippen molar-refractivity contribution >= 4 is 23.5 Å². The quantitative estimate of drug-likeness (QED) is 0.391. The second-order valence-corrected chi connectivity index (χ2v) is 5.92. The van der Waals surface area contributed by atoms with Gasteiger partial charge in [0, 0.05) is 45.2 Å². The average molecular weight is 345 g/mol. The summed E-state index contributed by atoms with van der Waals surface area (Å²) in [7, 11) is 0. The SMILES string of the molecule is CCNC(=NCc1ccc(N2CCCC2=O)cc1)NCCNC(C)=O. The lowest BCUT2D eigenvalue weighted by Gasteiger charge is -2.16. The number of carbonyl (C=O) groups excluding carboxylic acids is 2. The highest BCUT2D eigenvalue weighted by Gasteiger charge is 2.21. The first-order chi connectivity index (χ1) is 12.1. The van der Waals surface area contributed by atoms with Gasteiger partial charge in [-0.1, -0.05) is 12.1 Å². The number of guanidine groups is 1. The first-order valence-electron chi connectivity index (χ1n) is 8.76. The summed E-state index contributed by atoms with van der Waals surface area (Å²) >= 11 is 0. The van der Waals surface area contributed by atoms with Gasteiger partial charge >= 0.3 is 0 Å². The fourth-order valence-corrected chi connectivity index (χ4v) is 2.63. The van der Waals surface area contributed by atoms with Crippen LogP contribution in [-0.2, 0) is 16.1 Å². The Kier molecular flexibility index (Phi) is 7.25. The molecule has 0 spiro atoms. The summed E-state index contributed by atoms with van der Waals surface area (Å²) in [6.45, 7) is 6.79. The van der Waals surface area contributed by atoms with Gasteiger partial charge in [-0.15, -0.1) is 0 Å². The first kappa shape index (κ1) is 18.8. The van der Waals surface area contributed by atoms with E-state index < -0.39 is 0 Å². The minimum absolute atomic E-state index is 0.0414. The van der Waals surface area contributed by atoms with E-state index in [2.05, 4.69) is 20.9 Å². The Morgan fingerprint density at radius 2 is 1.88 bits per heavy atom. The van der Waals surface area contributed by atoms with Crippen molar-refractivity contribution in [2.75, 3.05) is 31.1 Å². The van der Waals surface area contributed by atoms with Crippen molar-refractivity contribution in [3.8, 4) is 0 Å². The Morgan fingerprint density at radius 1 is 1.16 bits per heavy atom. The van der Waals surface area contributed by atoms with Crippen molar-refractivity contribution in [1.29, 1.82) is 0 Å². The molecule has 3 N–H and O–H groups in total. The number of carbonyl (C=O) groups is 2. The molecule has 2 amide bonds. The largest absolute Gasteiger partial charge is 0.357 e. The molecule has 0 unspecified atom stereocenters. The molecular weight excluding hydrogens is 318 g/mol. The van der Waals surface area contributed by atoms with Crippen molar-refractivity contribution in [3.63, 3.8) is 0 Å². The summed E-state index contributed by atoms with van der Waals surface area (Å²) in [5.74, 6) is 0.871. The van der Waals surface area contributed by atoms with Crippen LogP contribution in [-0.4, -0.2) is 44.0 Å². The lowest BCUT2D eigenvalue weighted by atomic mass is 10.2. The van der Waals surface area contributed by atoms with Crippen LogP contribution in [0.4, 0.5) is 5.69 Å². The number of amides is 2. The predicted octanol–water partition coefficient (Wildman–Crippen LogP) is 1.00. The van der Waals surface area contributed by atoms with Crippen LogP contribution in [0.25, 0.3) is 0 Å². The van der Waals surface area contributed by atoms with E-state index in [1.807, 2.05) is 36.1 Å². The zero-order valence-corrected chi connectivity index (χ0v) is 15.0. The van der Waals surface area contributed by atoms with E-state index >= 15 is 0 Å². The maximum atomic E-state index is 11.8. The molecule has 1 aromatic rings. The van der Waals surface area contributed by atoms with Crippen LogP contribution in [0.1, 0.15) is 32.3 Å². The molecule has 0 radical (unpaired) electrons. The summed E-state index contributed by atoms with van der Waals surface area (Å²) in [5, 5.41) is 9.09. The molecule has 1 heterocycles. The maximum Gasteiger partial charge on any atom is 0.227 e. The third-order valence-corrected chi connectivity index (χ3v) is 3.88. The van der Waals surface area contributed by atoms with E-state index in [1.54, 1.807) is 0 Å². The Bertz CT molecular complexity index is 612. The average Bonchev–Trinajstić information content (AvgIpc) is 3.02. The minimum atomic E-state index is -0.0414. The molecule has 0 bridgehead atoms. The number of anilines is 1. The van der Waals surface area contributed by atoms with Gasteiger partial charge in [0.15, 0.2) is 5.96 Å². The molecule has 1 aromatic carbocycles. The number of hydrogen-bond donors (Lipinski definition) is 3. The van der Waals surface area contributed by atoms with Gasteiger partial charge in [0.1, 0.15) is 0 Å². The van der Waals surface area contributed by atoms with Gasteiger partial charge in [-0.2, -0.15) is 0 Å². The van der Waals surface area contributed by atoms with Crippen LogP contribution in [0.15, 0.2) is 29.3 Å². The lowest BCUT2D eigenvalue weighted by Crippen LogP contribution is -2.41. The zero-order valence-electron chi connectivity index (χ0n) is 15.0. The Morgan fingerprint density at radius 3 is 2.48 bits per heavy atom. The molecule has 1 fully saturated rings.